The number of amides is 1. The van der Waals surface area contributed by atoms with Gasteiger partial charge in [-0.05, 0) is 19.2 Å². The molecule has 0 aliphatic heterocycles. The molecule has 1 amide bonds. The number of thiazole rings is 1. The molecule has 0 saturated carbocycles. The van der Waals surface area contributed by atoms with Crippen molar-refractivity contribution in [1.82, 2.24) is 15.2 Å². The lowest BCUT2D eigenvalue weighted by molar-refractivity contribution is 0.0793. The molecule has 0 saturated heterocycles. The second-order valence-electron chi connectivity index (χ2n) is 4.59. The Kier molecular flexibility index (Phi) is 11.3. The molecule has 0 aliphatic rings. The lowest BCUT2D eigenvalue weighted by Crippen LogP contribution is -2.33. The van der Waals surface area contributed by atoms with Crippen molar-refractivity contribution in [3.63, 3.8) is 0 Å². The first-order chi connectivity index (χ1) is 10.2. The van der Waals surface area contributed by atoms with Gasteiger partial charge in [0.1, 0.15) is 0 Å². The van der Waals surface area contributed by atoms with Crippen LogP contribution in [0, 0.1) is 0 Å². The number of hydrogen-bond donors (Lipinski definition) is 1. The molecule has 1 aromatic carbocycles. The minimum absolute atomic E-state index is 0. The molecule has 8 heteroatoms. The standard InChI is InChI=1S/C15H19N3OS2.2ClH/c1-16-7-8-18(2)15(19)13-5-3-4-6-14(13)21-10-12-9-20-11-17-12;;/h3-6,9,11,16H,7-8,10H2,1-2H3;2*1H. The highest BCUT2D eigenvalue weighted by Gasteiger charge is 2.15. The van der Waals surface area contributed by atoms with E-state index in [1.54, 1.807) is 28.0 Å². The Balaban J connectivity index is 0.00000242. The Morgan fingerprint density at radius 1 is 1.35 bits per heavy atom. The highest BCUT2D eigenvalue weighted by molar-refractivity contribution is 7.98. The molecule has 23 heavy (non-hydrogen) atoms. The van der Waals surface area contributed by atoms with Gasteiger partial charge in [0.15, 0.2) is 0 Å². The van der Waals surface area contributed by atoms with Gasteiger partial charge < -0.3 is 10.2 Å². The number of hydrogen-bond acceptors (Lipinski definition) is 5. The van der Waals surface area contributed by atoms with E-state index in [-0.39, 0.29) is 30.7 Å². The summed E-state index contributed by atoms with van der Waals surface area (Å²) in [6.07, 6.45) is 0. The first kappa shape index (κ1) is 22.2. The molecule has 2 aromatic rings. The third-order valence-electron chi connectivity index (χ3n) is 3.02. The van der Waals surface area contributed by atoms with E-state index in [2.05, 4.69) is 10.3 Å². The maximum Gasteiger partial charge on any atom is 0.254 e. The fourth-order valence-electron chi connectivity index (χ4n) is 1.82. The molecule has 1 aromatic heterocycles. The van der Waals surface area contributed by atoms with Crippen LogP contribution in [0.3, 0.4) is 0 Å². The Morgan fingerprint density at radius 2 is 2.09 bits per heavy atom. The van der Waals surface area contributed by atoms with Crippen LogP contribution in [0.25, 0.3) is 0 Å². The summed E-state index contributed by atoms with van der Waals surface area (Å²) in [5.41, 5.74) is 3.64. The molecular formula is C15H21Cl2N3OS2. The number of thioether (sulfide) groups is 1. The van der Waals surface area contributed by atoms with E-state index in [1.807, 2.05) is 49.3 Å². The van der Waals surface area contributed by atoms with Gasteiger partial charge >= 0.3 is 0 Å². The van der Waals surface area contributed by atoms with Crippen molar-refractivity contribution in [3.05, 3.63) is 46.4 Å². The molecule has 1 heterocycles. The SMILES string of the molecule is CNCCN(C)C(=O)c1ccccc1SCc1cscn1.Cl.Cl. The van der Waals surface area contributed by atoms with Crippen molar-refractivity contribution < 1.29 is 4.79 Å². The number of likely N-dealkylation sites (N-methyl/N-ethyl adjacent to an activating group) is 2. The van der Waals surface area contributed by atoms with Crippen LogP contribution >= 0.6 is 47.9 Å². The molecule has 0 fully saturated rings. The van der Waals surface area contributed by atoms with E-state index < -0.39 is 0 Å². The van der Waals surface area contributed by atoms with Crippen LogP contribution in [0.4, 0.5) is 0 Å². The summed E-state index contributed by atoms with van der Waals surface area (Å²) in [6.45, 7) is 1.48. The fraction of sp³-hybridized carbons (Fsp3) is 0.333. The summed E-state index contributed by atoms with van der Waals surface area (Å²) in [5.74, 6) is 0.847. The maximum atomic E-state index is 12.5. The highest BCUT2D eigenvalue weighted by Crippen LogP contribution is 2.26. The topological polar surface area (TPSA) is 45.2 Å². The minimum atomic E-state index is 0. The Morgan fingerprint density at radius 3 is 2.74 bits per heavy atom. The second kappa shape index (κ2) is 11.7. The van der Waals surface area contributed by atoms with Crippen molar-refractivity contribution >= 4 is 53.8 Å². The van der Waals surface area contributed by atoms with Crippen molar-refractivity contribution in [2.75, 3.05) is 27.2 Å². The van der Waals surface area contributed by atoms with Crippen LogP contribution in [0.15, 0.2) is 40.1 Å². The van der Waals surface area contributed by atoms with Gasteiger partial charge in [0.05, 0.1) is 16.8 Å². The minimum Gasteiger partial charge on any atom is -0.340 e. The van der Waals surface area contributed by atoms with E-state index in [1.165, 1.54) is 0 Å². The predicted octanol–water partition coefficient (Wildman–Crippen LogP) is 3.57. The number of rotatable bonds is 7. The van der Waals surface area contributed by atoms with Crippen LogP contribution in [-0.2, 0) is 5.75 Å². The van der Waals surface area contributed by atoms with Gasteiger partial charge in [-0.1, -0.05) is 12.1 Å². The molecule has 0 spiro atoms. The molecule has 0 aliphatic carbocycles. The van der Waals surface area contributed by atoms with Gasteiger partial charge in [-0.2, -0.15) is 0 Å². The zero-order chi connectivity index (χ0) is 15.1. The Hall–Kier alpha value is -0.790. The van der Waals surface area contributed by atoms with Gasteiger partial charge in [-0.15, -0.1) is 47.9 Å². The van der Waals surface area contributed by atoms with Gasteiger partial charge in [-0.3, -0.25) is 4.79 Å². The average Bonchev–Trinajstić information content (AvgIpc) is 3.03. The summed E-state index contributed by atoms with van der Waals surface area (Å²) in [5, 5.41) is 5.10. The van der Waals surface area contributed by atoms with Gasteiger partial charge in [0.2, 0.25) is 0 Å². The van der Waals surface area contributed by atoms with E-state index in [4.69, 9.17) is 0 Å². The quantitative estimate of drug-likeness (QED) is 0.730. The number of nitrogens with zero attached hydrogens (tertiary/aromatic N) is 2. The van der Waals surface area contributed by atoms with E-state index in [0.29, 0.717) is 6.54 Å². The van der Waals surface area contributed by atoms with Crippen molar-refractivity contribution in [2.24, 2.45) is 0 Å². The van der Waals surface area contributed by atoms with Crippen molar-refractivity contribution in [1.29, 1.82) is 0 Å². The smallest absolute Gasteiger partial charge is 0.254 e. The first-order valence-electron chi connectivity index (χ1n) is 6.71. The lowest BCUT2D eigenvalue weighted by atomic mass is 10.2. The van der Waals surface area contributed by atoms with Crippen molar-refractivity contribution in [3.8, 4) is 0 Å². The molecular weight excluding hydrogens is 373 g/mol. The maximum absolute atomic E-state index is 12.5. The number of carbonyl (C=O) groups excluding carboxylic acids is 1. The van der Waals surface area contributed by atoms with Gasteiger partial charge in [0, 0.05) is 36.2 Å². The molecule has 0 radical (unpaired) electrons. The lowest BCUT2D eigenvalue weighted by Gasteiger charge is -2.18. The third-order valence-corrected chi connectivity index (χ3v) is 4.76. The Labute approximate surface area is 157 Å². The fourth-order valence-corrected chi connectivity index (χ4v) is 3.43. The highest BCUT2D eigenvalue weighted by atomic mass is 35.5. The first-order valence-corrected chi connectivity index (χ1v) is 8.64. The van der Waals surface area contributed by atoms with E-state index in [0.717, 1.165) is 28.5 Å². The van der Waals surface area contributed by atoms with Crippen LogP contribution in [0.1, 0.15) is 16.1 Å². The number of halogens is 2. The molecule has 4 nitrogen and oxygen atoms in total. The predicted molar refractivity (Wildman–Crippen MR) is 104 cm³/mol. The number of aromatic nitrogens is 1. The van der Waals surface area contributed by atoms with Crippen LogP contribution in [-0.4, -0.2) is 43.0 Å². The Bertz CT molecular complexity index is 582. The van der Waals surface area contributed by atoms with Crippen LogP contribution in [0.2, 0.25) is 0 Å². The summed E-state index contributed by atoms with van der Waals surface area (Å²) in [7, 11) is 3.72. The van der Waals surface area contributed by atoms with E-state index >= 15 is 0 Å². The van der Waals surface area contributed by atoms with Crippen LogP contribution < -0.4 is 5.32 Å². The zero-order valence-electron chi connectivity index (χ0n) is 13.0. The molecule has 0 unspecified atom stereocenters. The molecule has 0 bridgehead atoms. The number of benzene rings is 1. The third kappa shape index (κ3) is 6.69. The number of nitrogens with one attached hydrogen (secondary N) is 1. The summed E-state index contributed by atoms with van der Waals surface area (Å²) < 4.78 is 0. The summed E-state index contributed by atoms with van der Waals surface area (Å²) in [4.78, 5) is 19.5. The molecule has 0 atom stereocenters. The number of carbonyl (C=O) groups is 1. The summed E-state index contributed by atoms with van der Waals surface area (Å²) in [6, 6.07) is 7.76. The van der Waals surface area contributed by atoms with Gasteiger partial charge in [0.25, 0.3) is 5.91 Å². The van der Waals surface area contributed by atoms with Crippen molar-refractivity contribution in [2.45, 2.75) is 10.6 Å². The summed E-state index contributed by atoms with van der Waals surface area (Å²) >= 11 is 3.25. The van der Waals surface area contributed by atoms with E-state index in [9.17, 15) is 4.79 Å². The monoisotopic (exact) mass is 393 g/mol. The largest absolute Gasteiger partial charge is 0.340 e. The van der Waals surface area contributed by atoms with Gasteiger partial charge in [-0.25, -0.2) is 4.98 Å². The molecule has 2 rings (SSSR count). The average molecular weight is 394 g/mol. The zero-order valence-corrected chi connectivity index (χ0v) is 16.3. The molecule has 128 valence electrons. The van der Waals surface area contributed by atoms with Crippen LogP contribution in [0.5, 0.6) is 0 Å². The second-order valence-corrected chi connectivity index (χ2v) is 6.33. The normalized spacial score (nSPS) is 9.65. The molecule has 1 N–H and O–H groups in total.